The summed E-state index contributed by atoms with van der Waals surface area (Å²) in [7, 11) is -2.98. The minimum absolute atomic E-state index is 0.00633. The smallest absolute Gasteiger partial charge is 0.224 e. The van der Waals surface area contributed by atoms with Crippen molar-refractivity contribution in [2.24, 2.45) is 5.92 Å². The third-order valence-electron chi connectivity index (χ3n) is 2.91. The predicted octanol–water partition coefficient (Wildman–Crippen LogP) is 0.737. The lowest BCUT2D eigenvalue weighted by Crippen LogP contribution is -2.30. The van der Waals surface area contributed by atoms with Gasteiger partial charge in [-0.15, -0.1) is 0 Å². The first kappa shape index (κ1) is 12.1. The highest BCUT2D eigenvalue weighted by Crippen LogP contribution is 2.18. The molecule has 1 heterocycles. The van der Waals surface area contributed by atoms with Crippen LogP contribution >= 0.6 is 0 Å². The minimum Gasteiger partial charge on any atom is -0.352 e. The Labute approximate surface area is 101 Å². The van der Waals surface area contributed by atoms with E-state index in [1.54, 1.807) is 0 Å². The van der Waals surface area contributed by atoms with Crippen molar-refractivity contribution in [2.45, 2.75) is 13.0 Å². The summed E-state index contributed by atoms with van der Waals surface area (Å²) in [5.41, 5.74) is 1.02. The molecule has 1 N–H and O–H groups in total. The van der Waals surface area contributed by atoms with E-state index in [0.717, 1.165) is 5.56 Å². The average molecular weight is 253 g/mol. The molecule has 0 unspecified atom stereocenters. The molecule has 2 rings (SSSR count). The first-order valence-electron chi connectivity index (χ1n) is 5.59. The van der Waals surface area contributed by atoms with Crippen molar-refractivity contribution < 1.29 is 13.2 Å². The molecular formula is C12H15NO3S. The molecule has 0 aliphatic carbocycles. The molecule has 1 aliphatic heterocycles. The zero-order valence-corrected chi connectivity index (χ0v) is 10.2. The quantitative estimate of drug-likeness (QED) is 0.864. The van der Waals surface area contributed by atoms with Crippen LogP contribution in [0.2, 0.25) is 0 Å². The van der Waals surface area contributed by atoms with Crippen molar-refractivity contribution in [3.63, 3.8) is 0 Å². The summed E-state index contributed by atoms with van der Waals surface area (Å²) in [4.78, 5) is 11.7. The standard InChI is InChI=1S/C12H15NO3S/c14-12(11-6-7-17(15,16)9-11)13-8-10-4-2-1-3-5-10/h1-5,11H,6-9H2,(H,13,14)/t11-/m0/s1. The fourth-order valence-corrected chi connectivity index (χ4v) is 3.67. The maximum atomic E-state index is 11.7. The van der Waals surface area contributed by atoms with Gasteiger partial charge in [-0.1, -0.05) is 30.3 Å². The van der Waals surface area contributed by atoms with Gasteiger partial charge < -0.3 is 5.32 Å². The number of hydrogen-bond acceptors (Lipinski definition) is 3. The highest BCUT2D eigenvalue weighted by molar-refractivity contribution is 7.91. The second-order valence-electron chi connectivity index (χ2n) is 4.30. The van der Waals surface area contributed by atoms with E-state index < -0.39 is 9.84 Å². The van der Waals surface area contributed by atoms with E-state index in [4.69, 9.17) is 0 Å². The lowest BCUT2D eigenvalue weighted by molar-refractivity contribution is -0.124. The molecule has 1 saturated heterocycles. The van der Waals surface area contributed by atoms with Crippen LogP contribution in [0.15, 0.2) is 30.3 Å². The van der Waals surface area contributed by atoms with E-state index in [9.17, 15) is 13.2 Å². The molecular weight excluding hydrogens is 238 g/mol. The zero-order chi connectivity index (χ0) is 12.3. The molecule has 4 nitrogen and oxygen atoms in total. The lowest BCUT2D eigenvalue weighted by Gasteiger charge is -2.09. The van der Waals surface area contributed by atoms with Crippen molar-refractivity contribution in [3.8, 4) is 0 Å². The molecule has 1 aliphatic rings. The normalized spacial score (nSPS) is 22.2. The van der Waals surface area contributed by atoms with Gasteiger partial charge in [0.1, 0.15) is 0 Å². The van der Waals surface area contributed by atoms with Crippen LogP contribution in [0.1, 0.15) is 12.0 Å². The largest absolute Gasteiger partial charge is 0.352 e. The van der Waals surface area contributed by atoms with Gasteiger partial charge in [-0.05, 0) is 12.0 Å². The third kappa shape index (κ3) is 3.30. The van der Waals surface area contributed by atoms with Crippen molar-refractivity contribution in [3.05, 3.63) is 35.9 Å². The summed E-state index contributed by atoms with van der Waals surface area (Å²) in [6, 6.07) is 9.56. The van der Waals surface area contributed by atoms with Crippen LogP contribution in [0.4, 0.5) is 0 Å². The summed E-state index contributed by atoms with van der Waals surface area (Å²) < 4.78 is 22.5. The molecule has 0 saturated carbocycles. The van der Waals surface area contributed by atoms with Crippen LogP contribution in [-0.4, -0.2) is 25.8 Å². The van der Waals surface area contributed by atoms with Crippen molar-refractivity contribution >= 4 is 15.7 Å². The number of rotatable bonds is 3. The zero-order valence-electron chi connectivity index (χ0n) is 9.43. The van der Waals surface area contributed by atoms with Gasteiger partial charge in [0.25, 0.3) is 0 Å². The van der Waals surface area contributed by atoms with E-state index in [1.807, 2.05) is 30.3 Å². The fraction of sp³-hybridized carbons (Fsp3) is 0.417. The Hall–Kier alpha value is -1.36. The highest BCUT2D eigenvalue weighted by atomic mass is 32.2. The molecule has 1 atom stereocenters. The molecule has 92 valence electrons. The van der Waals surface area contributed by atoms with Crippen LogP contribution in [0, 0.1) is 5.92 Å². The monoisotopic (exact) mass is 253 g/mol. The Kier molecular flexibility index (Phi) is 3.47. The Balaban J connectivity index is 1.87. The summed E-state index contributed by atoms with van der Waals surface area (Å²) in [5, 5.41) is 2.78. The first-order valence-corrected chi connectivity index (χ1v) is 7.41. The maximum absolute atomic E-state index is 11.7. The van der Waals surface area contributed by atoms with Crippen LogP contribution < -0.4 is 5.32 Å². The van der Waals surface area contributed by atoms with Gasteiger partial charge in [0.2, 0.25) is 5.91 Å². The molecule has 1 aromatic carbocycles. The van der Waals surface area contributed by atoms with E-state index in [2.05, 4.69) is 5.32 Å². The number of sulfone groups is 1. The molecule has 1 aromatic rings. The molecule has 0 aromatic heterocycles. The van der Waals surface area contributed by atoms with E-state index >= 15 is 0 Å². The van der Waals surface area contributed by atoms with E-state index in [1.165, 1.54) is 0 Å². The molecule has 1 fully saturated rings. The maximum Gasteiger partial charge on any atom is 0.224 e. The highest BCUT2D eigenvalue weighted by Gasteiger charge is 2.32. The number of carbonyl (C=O) groups excluding carboxylic acids is 1. The van der Waals surface area contributed by atoms with Crippen LogP contribution in [0.25, 0.3) is 0 Å². The number of nitrogens with one attached hydrogen (secondary N) is 1. The summed E-state index contributed by atoms with van der Waals surface area (Å²) in [6.45, 7) is 0.455. The van der Waals surface area contributed by atoms with Crippen molar-refractivity contribution in [2.75, 3.05) is 11.5 Å². The fourth-order valence-electron chi connectivity index (χ4n) is 1.93. The van der Waals surface area contributed by atoms with Gasteiger partial charge in [0, 0.05) is 6.54 Å². The van der Waals surface area contributed by atoms with Crippen molar-refractivity contribution in [1.82, 2.24) is 5.32 Å². The number of carbonyl (C=O) groups is 1. The molecule has 0 radical (unpaired) electrons. The van der Waals surface area contributed by atoms with E-state index in [0.29, 0.717) is 13.0 Å². The first-order chi connectivity index (χ1) is 8.07. The van der Waals surface area contributed by atoms with Gasteiger partial charge in [-0.25, -0.2) is 8.42 Å². The Bertz CT molecular complexity index is 496. The van der Waals surface area contributed by atoms with Gasteiger partial charge >= 0.3 is 0 Å². The van der Waals surface area contributed by atoms with Gasteiger partial charge in [0.15, 0.2) is 9.84 Å². The average Bonchev–Trinajstić information content (AvgIpc) is 2.68. The molecule has 5 heteroatoms. The number of hydrogen-bond donors (Lipinski definition) is 1. The van der Waals surface area contributed by atoms with Crippen LogP contribution in [0.3, 0.4) is 0 Å². The molecule has 0 bridgehead atoms. The number of benzene rings is 1. The third-order valence-corrected chi connectivity index (χ3v) is 4.68. The van der Waals surface area contributed by atoms with Gasteiger partial charge in [0.05, 0.1) is 17.4 Å². The van der Waals surface area contributed by atoms with Crippen LogP contribution in [-0.2, 0) is 21.2 Å². The number of amides is 1. The molecule has 0 spiro atoms. The Morgan fingerprint density at radius 3 is 2.59 bits per heavy atom. The molecule has 1 amide bonds. The van der Waals surface area contributed by atoms with Gasteiger partial charge in [-0.3, -0.25) is 4.79 Å². The Morgan fingerprint density at radius 1 is 1.29 bits per heavy atom. The van der Waals surface area contributed by atoms with E-state index in [-0.39, 0.29) is 23.3 Å². The second-order valence-corrected chi connectivity index (χ2v) is 6.53. The minimum atomic E-state index is -2.98. The predicted molar refractivity (Wildman–Crippen MR) is 65.0 cm³/mol. The molecule has 17 heavy (non-hydrogen) atoms. The summed E-state index contributed by atoms with van der Waals surface area (Å²) in [5.74, 6) is -0.400. The van der Waals surface area contributed by atoms with Gasteiger partial charge in [-0.2, -0.15) is 0 Å². The second kappa shape index (κ2) is 4.87. The van der Waals surface area contributed by atoms with Crippen molar-refractivity contribution in [1.29, 1.82) is 0 Å². The van der Waals surface area contributed by atoms with Crippen LogP contribution in [0.5, 0.6) is 0 Å². The Morgan fingerprint density at radius 2 is 2.00 bits per heavy atom. The SMILES string of the molecule is O=C(NCc1ccccc1)[C@H]1CCS(=O)(=O)C1. The topological polar surface area (TPSA) is 63.2 Å². The lowest BCUT2D eigenvalue weighted by atomic mass is 10.1. The summed E-state index contributed by atoms with van der Waals surface area (Å²) >= 11 is 0. The summed E-state index contributed by atoms with van der Waals surface area (Å²) in [6.07, 6.45) is 0.447.